The number of nitrogens with zero attached hydrogens (tertiary/aromatic N) is 1. The van der Waals surface area contributed by atoms with Crippen LogP contribution in [0.1, 0.15) is 63.6 Å². The lowest BCUT2D eigenvalue weighted by Gasteiger charge is -2.35. The highest BCUT2D eigenvalue weighted by atomic mass is 19.4. The molecule has 1 aromatic rings. The van der Waals surface area contributed by atoms with Crippen LogP contribution in [0.3, 0.4) is 0 Å². The summed E-state index contributed by atoms with van der Waals surface area (Å²) in [6, 6.07) is 2.96. The van der Waals surface area contributed by atoms with E-state index in [0.29, 0.717) is 5.92 Å². The van der Waals surface area contributed by atoms with E-state index in [1.807, 2.05) is 0 Å². The zero-order chi connectivity index (χ0) is 24.9. The quantitative estimate of drug-likeness (QED) is 0.436. The summed E-state index contributed by atoms with van der Waals surface area (Å²) >= 11 is 0. The molecule has 1 aliphatic heterocycles. The van der Waals surface area contributed by atoms with E-state index < -0.39 is 35.9 Å². The highest BCUT2D eigenvalue weighted by Crippen LogP contribution is 2.40. The molecule has 1 aliphatic carbocycles. The number of aliphatic carboxylic acids is 1. The number of pyridine rings is 1. The summed E-state index contributed by atoms with van der Waals surface area (Å²) in [6.45, 7) is 2.91. The zero-order valence-electron chi connectivity index (χ0n) is 19.7. The lowest BCUT2D eigenvalue weighted by molar-refractivity contribution is -0.213. The smallest absolute Gasteiger partial charge is 0.394 e. The Morgan fingerprint density at radius 3 is 2.71 bits per heavy atom. The van der Waals surface area contributed by atoms with Gasteiger partial charge in [0.1, 0.15) is 11.9 Å². The summed E-state index contributed by atoms with van der Waals surface area (Å²) in [4.78, 5) is 28.1. The van der Waals surface area contributed by atoms with Crippen LogP contribution in [0.4, 0.5) is 19.0 Å². The van der Waals surface area contributed by atoms with Crippen molar-refractivity contribution >= 4 is 17.7 Å². The molecule has 0 bridgehead atoms. The molecule has 1 fully saturated rings. The minimum Gasteiger partial charge on any atom is -0.480 e. The third-order valence-corrected chi connectivity index (χ3v) is 6.72. The van der Waals surface area contributed by atoms with E-state index >= 15 is 0 Å². The fourth-order valence-electron chi connectivity index (χ4n) is 4.26. The van der Waals surface area contributed by atoms with Gasteiger partial charge in [0.05, 0.1) is 11.5 Å². The molecule has 0 saturated heterocycles. The number of aryl methyl sites for hydroxylation is 2. The SMILES string of the molecule is CC(C)(CC(=O)NC(CCOC1CC(CCc2ccc3c(n2)NCCC3)C1)C(=O)O)C(F)(F)F. The number of nitrogens with one attached hydrogen (secondary N) is 2. The first-order valence-electron chi connectivity index (χ1n) is 11.9. The van der Waals surface area contributed by atoms with Crippen LogP contribution < -0.4 is 10.6 Å². The number of aromatic nitrogens is 1. The molecule has 0 radical (unpaired) electrons. The largest absolute Gasteiger partial charge is 0.480 e. The molecule has 2 aliphatic rings. The van der Waals surface area contributed by atoms with Crippen molar-refractivity contribution in [2.45, 2.75) is 83.5 Å². The molecule has 3 N–H and O–H groups in total. The average molecular weight is 486 g/mol. The van der Waals surface area contributed by atoms with Crippen molar-refractivity contribution < 1.29 is 32.6 Å². The molecule has 3 rings (SSSR count). The Morgan fingerprint density at radius 1 is 1.29 bits per heavy atom. The van der Waals surface area contributed by atoms with Crippen LogP contribution in [0.2, 0.25) is 0 Å². The van der Waals surface area contributed by atoms with Gasteiger partial charge in [0.15, 0.2) is 0 Å². The van der Waals surface area contributed by atoms with Crippen LogP contribution in [0.15, 0.2) is 12.1 Å². The van der Waals surface area contributed by atoms with Crippen molar-refractivity contribution in [1.29, 1.82) is 0 Å². The van der Waals surface area contributed by atoms with Crippen LogP contribution in [-0.2, 0) is 27.2 Å². The third kappa shape index (κ3) is 7.07. The Bertz CT molecular complexity index is 870. The number of rotatable bonds is 11. The van der Waals surface area contributed by atoms with Gasteiger partial charge in [-0.2, -0.15) is 13.2 Å². The second kappa shape index (κ2) is 10.9. The van der Waals surface area contributed by atoms with E-state index in [-0.39, 0.29) is 19.1 Å². The van der Waals surface area contributed by atoms with Crippen LogP contribution in [0, 0.1) is 11.3 Å². The fourth-order valence-corrected chi connectivity index (χ4v) is 4.26. The third-order valence-electron chi connectivity index (χ3n) is 6.72. The van der Waals surface area contributed by atoms with Crippen molar-refractivity contribution in [2.24, 2.45) is 11.3 Å². The van der Waals surface area contributed by atoms with Gasteiger partial charge in [-0.05, 0) is 56.1 Å². The van der Waals surface area contributed by atoms with Gasteiger partial charge in [0.2, 0.25) is 5.91 Å². The molecule has 1 amide bonds. The van der Waals surface area contributed by atoms with Crippen molar-refractivity contribution in [3.05, 3.63) is 23.4 Å². The zero-order valence-corrected chi connectivity index (χ0v) is 19.7. The topological polar surface area (TPSA) is 101 Å². The number of halogens is 3. The summed E-state index contributed by atoms with van der Waals surface area (Å²) in [5.74, 6) is -0.708. The number of hydrogen-bond acceptors (Lipinski definition) is 5. The molecule has 34 heavy (non-hydrogen) atoms. The molecule has 1 aromatic heterocycles. The minimum atomic E-state index is -4.56. The Kier molecular flexibility index (Phi) is 8.43. The van der Waals surface area contributed by atoms with Gasteiger partial charge in [0, 0.05) is 31.7 Å². The van der Waals surface area contributed by atoms with E-state index in [1.165, 1.54) is 5.56 Å². The summed E-state index contributed by atoms with van der Waals surface area (Å²) in [5.41, 5.74) is 0.112. The first kappa shape index (κ1) is 26.2. The van der Waals surface area contributed by atoms with Crippen LogP contribution in [0.25, 0.3) is 0 Å². The van der Waals surface area contributed by atoms with Gasteiger partial charge in [-0.25, -0.2) is 9.78 Å². The summed E-state index contributed by atoms with van der Waals surface area (Å²) in [6.07, 6.45) is 0.517. The summed E-state index contributed by atoms with van der Waals surface area (Å²) < 4.78 is 44.6. The Morgan fingerprint density at radius 2 is 2.03 bits per heavy atom. The lowest BCUT2D eigenvalue weighted by Crippen LogP contribution is -2.45. The predicted octanol–water partition coefficient (Wildman–Crippen LogP) is 4.11. The number of carbonyl (C=O) groups is 2. The number of carboxylic acid groups (broad SMARTS) is 1. The van der Waals surface area contributed by atoms with Crippen LogP contribution in [-0.4, -0.2) is 53.4 Å². The lowest BCUT2D eigenvalue weighted by atomic mass is 9.79. The first-order valence-corrected chi connectivity index (χ1v) is 11.9. The normalized spacial score (nSPS) is 21.1. The van der Waals surface area contributed by atoms with Gasteiger partial charge in [-0.3, -0.25) is 4.79 Å². The molecular formula is C24H34F3N3O4. The van der Waals surface area contributed by atoms with Crippen molar-refractivity contribution in [3.63, 3.8) is 0 Å². The van der Waals surface area contributed by atoms with E-state index in [1.54, 1.807) is 0 Å². The Balaban J connectivity index is 1.33. The molecule has 190 valence electrons. The van der Waals surface area contributed by atoms with Crippen molar-refractivity contribution in [2.75, 3.05) is 18.5 Å². The minimum absolute atomic E-state index is 0.000726. The summed E-state index contributed by atoms with van der Waals surface area (Å²) in [7, 11) is 0. The van der Waals surface area contributed by atoms with E-state index in [9.17, 15) is 27.9 Å². The van der Waals surface area contributed by atoms with Crippen LogP contribution in [0.5, 0.6) is 0 Å². The second-order valence-corrected chi connectivity index (χ2v) is 10.0. The van der Waals surface area contributed by atoms with Gasteiger partial charge in [0.25, 0.3) is 0 Å². The molecule has 0 aromatic carbocycles. The maximum Gasteiger partial charge on any atom is 0.394 e. The Hall–Kier alpha value is -2.36. The van der Waals surface area contributed by atoms with E-state index in [0.717, 1.165) is 70.4 Å². The number of hydrogen-bond donors (Lipinski definition) is 3. The highest BCUT2D eigenvalue weighted by molar-refractivity contribution is 5.83. The molecule has 2 heterocycles. The standard InChI is InChI=1S/C24H34F3N3O4/c1-23(2,24(25,26)27)14-20(31)30-19(22(32)33)9-11-34-18-12-15(13-18)5-7-17-8-6-16-4-3-10-28-21(16)29-17/h6,8,15,18-19H,3-5,7,9-14H2,1-2H3,(H,28,29)(H,30,31)(H,32,33). The molecule has 0 spiro atoms. The number of ether oxygens (including phenoxy) is 1. The van der Waals surface area contributed by atoms with E-state index in [2.05, 4.69) is 22.8 Å². The second-order valence-electron chi connectivity index (χ2n) is 10.0. The number of carboxylic acids is 1. The van der Waals surface area contributed by atoms with Crippen molar-refractivity contribution in [1.82, 2.24) is 10.3 Å². The molecular weight excluding hydrogens is 451 g/mol. The molecule has 1 unspecified atom stereocenters. The fraction of sp³-hybridized carbons (Fsp3) is 0.708. The van der Waals surface area contributed by atoms with Gasteiger partial charge in [-0.1, -0.05) is 19.9 Å². The summed E-state index contributed by atoms with van der Waals surface area (Å²) in [5, 5.41) is 14.8. The number of fused-ring (bicyclic) bond motifs is 1. The number of carbonyl (C=O) groups excluding carboxylic acids is 1. The maximum atomic E-state index is 13.0. The van der Waals surface area contributed by atoms with Gasteiger partial charge in [-0.15, -0.1) is 0 Å². The van der Waals surface area contributed by atoms with Crippen molar-refractivity contribution in [3.8, 4) is 0 Å². The van der Waals surface area contributed by atoms with E-state index in [4.69, 9.17) is 9.72 Å². The van der Waals surface area contributed by atoms with Crippen LogP contribution >= 0.6 is 0 Å². The number of alkyl halides is 3. The van der Waals surface area contributed by atoms with Gasteiger partial charge >= 0.3 is 12.1 Å². The number of amides is 1. The first-order chi connectivity index (χ1) is 15.9. The Labute approximate surface area is 197 Å². The maximum absolute atomic E-state index is 13.0. The molecule has 1 atom stereocenters. The monoisotopic (exact) mass is 485 g/mol. The molecule has 7 nitrogen and oxygen atoms in total. The average Bonchev–Trinajstić information content (AvgIpc) is 2.72. The van der Waals surface area contributed by atoms with Gasteiger partial charge < -0.3 is 20.5 Å². The molecule has 1 saturated carbocycles. The predicted molar refractivity (Wildman–Crippen MR) is 120 cm³/mol. The molecule has 10 heteroatoms. The highest BCUT2D eigenvalue weighted by Gasteiger charge is 2.48. The number of anilines is 1.